The van der Waals surface area contributed by atoms with Crippen LogP contribution in [0.15, 0.2) is 5.38 Å². The molecule has 88 valence electrons. The Labute approximate surface area is 104 Å². The van der Waals surface area contributed by atoms with Crippen molar-refractivity contribution in [3.8, 4) is 0 Å². The maximum Gasteiger partial charge on any atom is 0.286 e. The van der Waals surface area contributed by atoms with E-state index in [1.807, 2.05) is 12.3 Å². The molecule has 16 heavy (non-hydrogen) atoms. The minimum absolute atomic E-state index is 0.170. The van der Waals surface area contributed by atoms with Crippen molar-refractivity contribution in [3.05, 3.63) is 20.8 Å². The molecule has 0 aliphatic heterocycles. The predicted octanol–water partition coefficient (Wildman–Crippen LogP) is 3.31. The molecular weight excluding hydrogens is 246 g/mol. The fourth-order valence-corrected chi connectivity index (χ4v) is 2.94. The van der Waals surface area contributed by atoms with Crippen LogP contribution in [0, 0.1) is 6.92 Å². The molecule has 1 amide bonds. The molecule has 0 atom stereocenters. The molecule has 0 spiro atoms. The van der Waals surface area contributed by atoms with E-state index in [-0.39, 0.29) is 12.0 Å². The summed E-state index contributed by atoms with van der Waals surface area (Å²) in [5, 5.41) is 2.39. The van der Waals surface area contributed by atoms with E-state index in [4.69, 9.17) is 16.4 Å². The molecule has 1 saturated carbocycles. The molecule has 1 aliphatic rings. The second-order valence-electron chi connectivity index (χ2n) is 4.02. The van der Waals surface area contributed by atoms with Crippen molar-refractivity contribution in [2.45, 2.75) is 38.7 Å². The lowest BCUT2D eigenvalue weighted by Crippen LogP contribution is -2.27. The van der Waals surface area contributed by atoms with Gasteiger partial charge in [-0.3, -0.25) is 9.63 Å². The van der Waals surface area contributed by atoms with Gasteiger partial charge in [-0.15, -0.1) is 11.3 Å². The summed E-state index contributed by atoms with van der Waals surface area (Å²) in [6, 6.07) is 0. The van der Waals surface area contributed by atoms with Crippen molar-refractivity contribution in [3.63, 3.8) is 0 Å². The SMILES string of the molecule is Cc1csc(C(=O)NOC2CCCC2)c1Cl. The van der Waals surface area contributed by atoms with Crippen molar-refractivity contribution in [2.24, 2.45) is 0 Å². The van der Waals surface area contributed by atoms with Crippen LogP contribution in [0.3, 0.4) is 0 Å². The number of hydrogen-bond acceptors (Lipinski definition) is 3. The largest absolute Gasteiger partial charge is 0.286 e. The third-order valence-electron chi connectivity index (χ3n) is 2.73. The van der Waals surface area contributed by atoms with Gasteiger partial charge in [-0.2, -0.15) is 0 Å². The molecule has 1 aromatic rings. The molecule has 0 radical (unpaired) electrons. The van der Waals surface area contributed by atoms with E-state index < -0.39 is 0 Å². The van der Waals surface area contributed by atoms with Gasteiger partial charge in [-0.05, 0) is 30.7 Å². The fourth-order valence-electron chi connectivity index (χ4n) is 1.77. The van der Waals surface area contributed by atoms with Gasteiger partial charge in [0.15, 0.2) is 0 Å². The Hall–Kier alpha value is -0.580. The Balaban J connectivity index is 1.90. The van der Waals surface area contributed by atoms with Crippen LogP contribution in [0.4, 0.5) is 0 Å². The molecule has 1 heterocycles. The first-order valence-corrected chi connectivity index (χ1v) is 6.64. The number of thiophene rings is 1. The van der Waals surface area contributed by atoms with Gasteiger partial charge in [0.25, 0.3) is 5.91 Å². The van der Waals surface area contributed by atoms with Crippen LogP contribution in [0.25, 0.3) is 0 Å². The highest BCUT2D eigenvalue weighted by atomic mass is 35.5. The smallest absolute Gasteiger partial charge is 0.270 e. The Morgan fingerprint density at radius 2 is 2.25 bits per heavy atom. The average molecular weight is 260 g/mol. The molecule has 1 aromatic heterocycles. The standard InChI is InChI=1S/C11H14ClNO2S/c1-7-6-16-10(9(7)12)11(14)13-15-8-4-2-3-5-8/h6,8H,2-5H2,1H3,(H,13,14). The number of carbonyl (C=O) groups excluding carboxylic acids is 1. The quantitative estimate of drug-likeness (QED) is 0.846. The lowest BCUT2D eigenvalue weighted by molar-refractivity contribution is -0.0122. The summed E-state index contributed by atoms with van der Waals surface area (Å²) >= 11 is 7.34. The zero-order valence-corrected chi connectivity index (χ0v) is 10.7. The minimum atomic E-state index is -0.241. The number of halogens is 1. The highest BCUT2D eigenvalue weighted by molar-refractivity contribution is 7.13. The second-order valence-corrected chi connectivity index (χ2v) is 5.27. The van der Waals surface area contributed by atoms with Crippen molar-refractivity contribution < 1.29 is 9.63 Å². The third-order valence-corrected chi connectivity index (χ3v) is 4.42. The summed E-state index contributed by atoms with van der Waals surface area (Å²) in [5.41, 5.74) is 3.41. The molecule has 0 bridgehead atoms. The Morgan fingerprint density at radius 3 is 2.81 bits per heavy atom. The third kappa shape index (κ3) is 2.56. The van der Waals surface area contributed by atoms with E-state index >= 15 is 0 Å². The zero-order valence-electron chi connectivity index (χ0n) is 9.09. The van der Waals surface area contributed by atoms with E-state index in [1.165, 1.54) is 24.2 Å². The molecule has 0 aromatic carbocycles. The van der Waals surface area contributed by atoms with E-state index in [9.17, 15) is 4.79 Å². The first kappa shape index (κ1) is 11.9. The normalized spacial score (nSPS) is 16.6. The van der Waals surface area contributed by atoms with E-state index in [1.54, 1.807) is 0 Å². The molecule has 1 N–H and O–H groups in total. The number of nitrogens with one attached hydrogen (secondary N) is 1. The van der Waals surface area contributed by atoms with Gasteiger partial charge in [0.1, 0.15) is 4.88 Å². The van der Waals surface area contributed by atoms with Crippen LogP contribution >= 0.6 is 22.9 Å². The van der Waals surface area contributed by atoms with Crippen molar-refractivity contribution in [1.29, 1.82) is 0 Å². The highest BCUT2D eigenvalue weighted by Crippen LogP contribution is 2.27. The van der Waals surface area contributed by atoms with E-state index in [0.29, 0.717) is 9.90 Å². The van der Waals surface area contributed by atoms with Gasteiger partial charge in [0.05, 0.1) is 11.1 Å². The van der Waals surface area contributed by atoms with Crippen molar-refractivity contribution in [1.82, 2.24) is 5.48 Å². The molecule has 1 fully saturated rings. The van der Waals surface area contributed by atoms with Crippen LogP contribution in [0.5, 0.6) is 0 Å². The number of rotatable bonds is 3. The summed E-state index contributed by atoms with van der Waals surface area (Å²) in [5.74, 6) is -0.241. The van der Waals surface area contributed by atoms with Crippen LogP contribution < -0.4 is 5.48 Å². The number of amides is 1. The van der Waals surface area contributed by atoms with E-state index in [0.717, 1.165) is 18.4 Å². The lowest BCUT2D eigenvalue weighted by Gasteiger charge is -2.10. The Morgan fingerprint density at radius 1 is 1.56 bits per heavy atom. The van der Waals surface area contributed by atoms with Gasteiger partial charge in [-0.25, -0.2) is 5.48 Å². The Bertz CT molecular complexity index is 385. The van der Waals surface area contributed by atoms with Gasteiger partial charge < -0.3 is 0 Å². The van der Waals surface area contributed by atoms with Crippen LogP contribution in [-0.4, -0.2) is 12.0 Å². The number of hydrogen-bond donors (Lipinski definition) is 1. The molecule has 0 saturated heterocycles. The summed E-state index contributed by atoms with van der Waals surface area (Å²) in [6.45, 7) is 1.88. The first-order chi connectivity index (χ1) is 7.68. The Kier molecular flexibility index (Phi) is 3.84. The number of aryl methyl sites for hydroxylation is 1. The minimum Gasteiger partial charge on any atom is -0.270 e. The maximum absolute atomic E-state index is 11.7. The summed E-state index contributed by atoms with van der Waals surface area (Å²) < 4.78 is 0. The van der Waals surface area contributed by atoms with Crippen molar-refractivity contribution >= 4 is 28.8 Å². The molecule has 0 unspecified atom stereocenters. The van der Waals surface area contributed by atoms with Gasteiger partial charge in [0.2, 0.25) is 0 Å². The maximum atomic E-state index is 11.7. The molecule has 2 rings (SSSR count). The van der Waals surface area contributed by atoms with Crippen LogP contribution in [-0.2, 0) is 4.84 Å². The topological polar surface area (TPSA) is 38.3 Å². The van der Waals surface area contributed by atoms with Gasteiger partial charge in [-0.1, -0.05) is 24.4 Å². The highest BCUT2D eigenvalue weighted by Gasteiger charge is 2.19. The molecular formula is C11H14ClNO2S. The average Bonchev–Trinajstić information content (AvgIpc) is 2.88. The van der Waals surface area contributed by atoms with Crippen LogP contribution in [0.2, 0.25) is 5.02 Å². The van der Waals surface area contributed by atoms with E-state index in [2.05, 4.69) is 5.48 Å². The zero-order chi connectivity index (χ0) is 11.5. The van der Waals surface area contributed by atoms with Gasteiger partial charge in [0, 0.05) is 0 Å². The first-order valence-electron chi connectivity index (χ1n) is 5.38. The number of hydroxylamine groups is 1. The predicted molar refractivity (Wildman–Crippen MR) is 64.9 cm³/mol. The number of carbonyl (C=O) groups is 1. The molecule has 1 aliphatic carbocycles. The summed E-state index contributed by atoms with van der Waals surface area (Å²) in [7, 11) is 0. The van der Waals surface area contributed by atoms with Crippen molar-refractivity contribution in [2.75, 3.05) is 0 Å². The summed E-state index contributed by atoms with van der Waals surface area (Å²) in [6.07, 6.45) is 4.58. The summed E-state index contributed by atoms with van der Waals surface area (Å²) in [4.78, 5) is 17.6. The lowest BCUT2D eigenvalue weighted by atomic mass is 10.3. The van der Waals surface area contributed by atoms with Gasteiger partial charge >= 0.3 is 0 Å². The monoisotopic (exact) mass is 259 g/mol. The van der Waals surface area contributed by atoms with Crippen LogP contribution in [0.1, 0.15) is 40.9 Å². The second kappa shape index (κ2) is 5.17. The molecule has 3 nitrogen and oxygen atoms in total. The fraction of sp³-hybridized carbons (Fsp3) is 0.545. The molecule has 5 heteroatoms.